The van der Waals surface area contributed by atoms with Crippen LogP contribution in [0.2, 0.25) is 5.02 Å². The predicted molar refractivity (Wildman–Crippen MR) is 81.2 cm³/mol. The standard InChI is InChI=1S/C16H19ClN2O/c1-4-11(2)14(12-8-6-5-7-9-12)16(20)15-13(17)10-18-19(15)3/h5-11,14H,4H2,1-3H3. The Kier molecular flexibility index (Phi) is 4.61. The number of aromatic nitrogens is 2. The molecule has 0 N–H and O–H groups in total. The van der Waals surface area contributed by atoms with Crippen LogP contribution in [0.5, 0.6) is 0 Å². The zero-order valence-corrected chi connectivity index (χ0v) is 12.8. The highest BCUT2D eigenvalue weighted by molar-refractivity contribution is 6.33. The molecular weight excluding hydrogens is 272 g/mol. The summed E-state index contributed by atoms with van der Waals surface area (Å²) in [5.74, 6) is 0.0977. The maximum atomic E-state index is 12.9. The smallest absolute Gasteiger partial charge is 0.190 e. The molecule has 4 heteroatoms. The minimum Gasteiger partial charge on any atom is -0.292 e. The van der Waals surface area contributed by atoms with Crippen molar-refractivity contribution in [2.24, 2.45) is 13.0 Å². The molecule has 1 aromatic heterocycles. The Bertz CT molecular complexity index is 572. The van der Waals surface area contributed by atoms with E-state index in [1.807, 2.05) is 30.3 Å². The summed E-state index contributed by atoms with van der Waals surface area (Å²) in [6, 6.07) is 9.88. The van der Waals surface area contributed by atoms with Crippen molar-refractivity contribution in [3.8, 4) is 0 Å². The molecule has 2 atom stereocenters. The summed E-state index contributed by atoms with van der Waals surface area (Å²) in [4.78, 5) is 12.9. The molecule has 0 aliphatic carbocycles. The fraction of sp³-hybridized carbons (Fsp3) is 0.375. The van der Waals surface area contributed by atoms with Gasteiger partial charge in [0, 0.05) is 7.05 Å². The van der Waals surface area contributed by atoms with E-state index in [1.54, 1.807) is 11.7 Å². The molecule has 1 heterocycles. The molecular formula is C16H19ClN2O. The number of halogens is 1. The lowest BCUT2D eigenvalue weighted by Crippen LogP contribution is -2.22. The molecule has 2 unspecified atom stereocenters. The normalized spacial score (nSPS) is 14.0. The van der Waals surface area contributed by atoms with Gasteiger partial charge < -0.3 is 0 Å². The highest BCUT2D eigenvalue weighted by atomic mass is 35.5. The first-order valence-electron chi connectivity index (χ1n) is 6.82. The molecule has 0 radical (unpaired) electrons. The Labute approximate surface area is 124 Å². The van der Waals surface area contributed by atoms with E-state index in [4.69, 9.17) is 11.6 Å². The van der Waals surface area contributed by atoms with E-state index in [1.165, 1.54) is 6.20 Å². The van der Waals surface area contributed by atoms with Gasteiger partial charge in [-0.2, -0.15) is 5.10 Å². The summed E-state index contributed by atoms with van der Waals surface area (Å²) in [6.07, 6.45) is 2.45. The maximum absolute atomic E-state index is 12.9. The van der Waals surface area contributed by atoms with Crippen molar-refractivity contribution in [2.75, 3.05) is 0 Å². The summed E-state index contributed by atoms with van der Waals surface area (Å²) in [7, 11) is 1.75. The molecule has 0 saturated carbocycles. The average Bonchev–Trinajstić information content (AvgIpc) is 2.79. The minimum absolute atomic E-state index is 0.0375. The van der Waals surface area contributed by atoms with Gasteiger partial charge in [-0.15, -0.1) is 0 Å². The third kappa shape index (κ3) is 2.78. The van der Waals surface area contributed by atoms with Crippen LogP contribution in [0.15, 0.2) is 36.5 Å². The lowest BCUT2D eigenvalue weighted by atomic mass is 9.81. The van der Waals surface area contributed by atoms with Crippen molar-refractivity contribution >= 4 is 17.4 Å². The lowest BCUT2D eigenvalue weighted by molar-refractivity contribution is 0.0922. The average molecular weight is 291 g/mol. The molecule has 106 valence electrons. The van der Waals surface area contributed by atoms with E-state index in [0.717, 1.165) is 12.0 Å². The number of carbonyl (C=O) groups is 1. The van der Waals surface area contributed by atoms with Gasteiger partial charge in [0.05, 0.1) is 17.1 Å². The molecule has 0 bridgehead atoms. The Morgan fingerprint density at radius 1 is 1.35 bits per heavy atom. The first kappa shape index (κ1) is 14.8. The monoisotopic (exact) mass is 290 g/mol. The number of benzene rings is 1. The van der Waals surface area contributed by atoms with E-state index in [0.29, 0.717) is 10.7 Å². The van der Waals surface area contributed by atoms with Gasteiger partial charge in [0.15, 0.2) is 5.78 Å². The van der Waals surface area contributed by atoms with Crippen LogP contribution in [0.25, 0.3) is 0 Å². The van der Waals surface area contributed by atoms with E-state index < -0.39 is 0 Å². The summed E-state index contributed by atoms with van der Waals surface area (Å²) < 4.78 is 1.56. The minimum atomic E-state index is -0.186. The predicted octanol–water partition coefficient (Wildman–Crippen LogP) is 4.09. The zero-order valence-electron chi connectivity index (χ0n) is 12.0. The first-order valence-corrected chi connectivity index (χ1v) is 7.20. The summed E-state index contributed by atoms with van der Waals surface area (Å²) >= 11 is 6.12. The van der Waals surface area contributed by atoms with Gasteiger partial charge in [-0.1, -0.05) is 62.2 Å². The van der Waals surface area contributed by atoms with Gasteiger partial charge >= 0.3 is 0 Å². The third-order valence-electron chi connectivity index (χ3n) is 3.78. The number of nitrogens with zero attached hydrogens (tertiary/aromatic N) is 2. The number of Topliss-reactive ketones (excluding diaryl/α,β-unsaturated/α-hetero) is 1. The highest BCUT2D eigenvalue weighted by Gasteiger charge is 2.30. The Morgan fingerprint density at radius 3 is 2.50 bits per heavy atom. The van der Waals surface area contributed by atoms with Crippen molar-refractivity contribution in [3.05, 3.63) is 52.8 Å². The maximum Gasteiger partial charge on any atom is 0.190 e. The molecule has 3 nitrogen and oxygen atoms in total. The van der Waals surface area contributed by atoms with Crippen LogP contribution in [0, 0.1) is 5.92 Å². The van der Waals surface area contributed by atoms with E-state index >= 15 is 0 Å². The number of hydrogen-bond donors (Lipinski definition) is 0. The van der Waals surface area contributed by atoms with Crippen LogP contribution >= 0.6 is 11.6 Å². The fourth-order valence-electron chi connectivity index (χ4n) is 2.47. The van der Waals surface area contributed by atoms with Gasteiger partial charge in [0.25, 0.3) is 0 Å². The van der Waals surface area contributed by atoms with Gasteiger partial charge in [-0.05, 0) is 11.5 Å². The SMILES string of the molecule is CCC(C)C(C(=O)c1c(Cl)cnn1C)c1ccccc1. The van der Waals surface area contributed by atoms with E-state index in [-0.39, 0.29) is 17.6 Å². The fourth-order valence-corrected chi connectivity index (χ4v) is 2.73. The van der Waals surface area contributed by atoms with Crippen LogP contribution in [-0.2, 0) is 7.05 Å². The molecule has 1 aromatic carbocycles. The molecule has 0 saturated heterocycles. The third-order valence-corrected chi connectivity index (χ3v) is 4.06. The van der Waals surface area contributed by atoms with E-state index in [2.05, 4.69) is 18.9 Å². The quantitative estimate of drug-likeness (QED) is 0.778. The molecule has 0 spiro atoms. The van der Waals surface area contributed by atoms with Crippen molar-refractivity contribution in [3.63, 3.8) is 0 Å². The number of hydrogen-bond acceptors (Lipinski definition) is 2. The molecule has 0 amide bonds. The second kappa shape index (κ2) is 6.23. The number of rotatable bonds is 5. The van der Waals surface area contributed by atoms with Crippen molar-refractivity contribution in [2.45, 2.75) is 26.2 Å². The summed E-state index contributed by atoms with van der Waals surface area (Å²) in [5, 5.41) is 4.48. The van der Waals surface area contributed by atoms with Crippen molar-refractivity contribution < 1.29 is 4.79 Å². The molecule has 2 aromatic rings. The van der Waals surface area contributed by atoms with E-state index in [9.17, 15) is 4.79 Å². The molecule has 2 rings (SSSR count). The second-order valence-electron chi connectivity index (χ2n) is 5.10. The van der Waals surface area contributed by atoms with Crippen LogP contribution in [0.4, 0.5) is 0 Å². The van der Waals surface area contributed by atoms with Crippen LogP contribution in [-0.4, -0.2) is 15.6 Å². The van der Waals surface area contributed by atoms with Crippen LogP contribution < -0.4 is 0 Å². The molecule has 20 heavy (non-hydrogen) atoms. The highest BCUT2D eigenvalue weighted by Crippen LogP contribution is 2.32. The van der Waals surface area contributed by atoms with Gasteiger partial charge in [0.1, 0.15) is 5.69 Å². The van der Waals surface area contributed by atoms with Crippen molar-refractivity contribution in [1.29, 1.82) is 0 Å². The Morgan fingerprint density at radius 2 is 2.00 bits per heavy atom. The summed E-state index contributed by atoms with van der Waals surface area (Å²) in [6.45, 7) is 4.19. The zero-order chi connectivity index (χ0) is 14.7. The first-order chi connectivity index (χ1) is 9.56. The second-order valence-corrected chi connectivity index (χ2v) is 5.51. The number of ketones is 1. The summed E-state index contributed by atoms with van der Waals surface area (Å²) in [5.41, 5.74) is 1.52. The van der Waals surface area contributed by atoms with Crippen LogP contribution in [0.1, 0.15) is 42.2 Å². The molecule has 0 aliphatic rings. The number of carbonyl (C=O) groups excluding carboxylic acids is 1. The van der Waals surface area contributed by atoms with Gasteiger partial charge in [-0.25, -0.2) is 0 Å². The van der Waals surface area contributed by atoms with Crippen LogP contribution in [0.3, 0.4) is 0 Å². The topological polar surface area (TPSA) is 34.9 Å². The van der Waals surface area contributed by atoms with Crippen molar-refractivity contribution in [1.82, 2.24) is 9.78 Å². The lowest BCUT2D eigenvalue weighted by Gasteiger charge is -2.22. The molecule has 0 aliphatic heterocycles. The largest absolute Gasteiger partial charge is 0.292 e. The Balaban J connectivity index is 2.45. The Hall–Kier alpha value is -1.61. The number of aryl methyl sites for hydroxylation is 1. The van der Waals surface area contributed by atoms with Gasteiger partial charge in [0.2, 0.25) is 0 Å². The molecule has 0 fully saturated rings. The van der Waals surface area contributed by atoms with Gasteiger partial charge in [-0.3, -0.25) is 9.48 Å².